The van der Waals surface area contributed by atoms with Crippen LogP contribution in [0.3, 0.4) is 0 Å². The number of fused-ring (bicyclic) bond motifs is 10. The van der Waals surface area contributed by atoms with Crippen LogP contribution < -0.4 is 0 Å². The molecule has 5 aromatic carbocycles. The highest BCUT2D eigenvalue weighted by Gasteiger charge is 2.53. The lowest BCUT2D eigenvalue weighted by atomic mass is 9.67. The minimum absolute atomic E-state index is 0.0399. The third-order valence-corrected chi connectivity index (χ3v) is 9.34. The van der Waals surface area contributed by atoms with Gasteiger partial charge in [-0.3, -0.25) is 0 Å². The molecule has 0 aromatic heterocycles. The van der Waals surface area contributed by atoms with Crippen LogP contribution in [-0.4, -0.2) is 0 Å². The summed E-state index contributed by atoms with van der Waals surface area (Å²) < 4.78 is 0. The average Bonchev–Trinajstić information content (AvgIpc) is 3.39. The van der Waals surface area contributed by atoms with Gasteiger partial charge in [0.2, 0.25) is 0 Å². The highest BCUT2D eigenvalue weighted by molar-refractivity contribution is 6.30. The maximum absolute atomic E-state index is 6.36. The largest absolute Gasteiger partial charge is 0.0843 e. The lowest BCUT2D eigenvalue weighted by Gasteiger charge is -2.34. The fourth-order valence-corrected chi connectivity index (χ4v) is 7.17. The fourth-order valence-electron chi connectivity index (χ4n) is 7.05. The molecule has 0 atom stereocenters. The zero-order chi connectivity index (χ0) is 28.0. The molecule has 1 heteroatoms. The zero-order valence-corrected chi connectivity index (χ0v) is 24.9. The van der Waals surface area contributed by atoms with Crippen molar-refractivity contribution >= 4 is 11.6 Å². The van der Waals surface area contributed by atoms with E-state index in [9.17, 15) is 0 Å². The lowest BCUT2D eigenvalue weighted by molar-refractivity contribution is 0.586. The van der Waals surface area contributed by atoms with Crippen molar-refractivity contribution in [2.45, 2.75) is 57.8 Å². The molecular formula is C39H35Cl. The summed E-state index contributed by atoms with van der Waals surface area (Å²) in [5, 5.41) is 0.760. The number of hydrogen-bond donors (Lipinski definition) is 0. The van der Waals surface area contributed by atoms with E-state index in [4.69, 9.17) is 11.6 Å². The molecule has 0 saturated carbocycles. The maximum atomic E-state index is 6.36. The van der Waals surface area contributed by atoms with E-state index in [1.165, 1.54) is 66.8 Å². The van der Waals surface area contributed by atoms with Crippen molar-refractivity contribution in [1.82, 2.24) is 0 Å². The van der Waals surface area contributed by atoms with Crippen LogP contribution in [0.1, 0.15) is 74.9 Å². The maximum Gasteiger partial charge on any atom is 0.0731 e. The number of benzene rings is 5. The summed E-state index contributed by atoms with van der Waals surface area (Å²) in [7, 11) is 0. The standard InChI is InChI=1S/C39H35Cl/c1-37(2,3)25-16-20-30-31-21-17-26(38(4,5)6)23-35(31)39(34(30)22-25)33-13-8-7-10-29(33)32-12-9-11-28(36(32)39)24-14-18-27(40)19-15-24/h7-23H,1-6H3. The minimum Gasteiger partial charge on any atom is -0.0843 e. The first-order valence-electron chi connectivity index (χ1n) is 14.3. The molecule has 0 heterocycles. The molecule has 5 aromatic rings. The van der Waals surface area contributed by atoms with Gasteiger partial charge in [-0.1, -0.05) is 144 Å². The molecule has 0 unspecified atom stereocenters. The molecule has 0 fully saturated rings. The van der Waals surface area contributed by atoms with Crippen LogP contribution in [0.4, 0.5) is 0 Å². The normalized spacial score (nSPS) is 14.6. The van der Waals surface area contributed by atoms with Gasteiger partial charge in [-0.05, 0) is 89.7 Å². The van der Waals surface area contributed by atoms with Crippen LogP contribution in [-0.2, 0) is 16.2 Å². The Hall–Kier alpha value is -3.61. The van der Waals surface area contributed by atoms with Gasteiger partial charge in [0, 0.05) is 5.02 Å². The van der Waals surface area contributed by atoms with E-state index in [1.54, 1.807) is 0 Å². The first-order chi connectivity index (χ1) is 19.0. The van der Waals surface area contributed by atoms with Gasteiger partial charge in [-0.25, -0.2) is 0 Å². The number of halogens is 1. The molecule has 40 heavy (non-hydrogen) atoms. The molecule has 2 aliphatic carbocycles. The van der Waals surface area contributed by atoms with Gasteiger partial charge in [0.1, 0.15) is 0 Å². The quantitative estimate of drug-likeness (QED) is 0.195. The van der Waals surface area contributed by atoms with Crippen LogP contribution in [0.5, 0.6) is 0 Å². The van der Waals surface area contributed by atoms with Crippen LogP contribution in [0, 0.1) is 0 Å². The van der Waals surface area contributed by atoms with Crippen LogP contribution in [0.15, 0.2) is 103 Å². The molecule has 0 nitrogen and oxygen atoms in total. The van der Waals surface area contributed by atoms with E-state index in [1.807, 2.05) is 12.1 Å². The van der Waals surface area contributed by atoms with Crippen molar-refractivity contribution in [1.29, 1.82) is 0 Å². The molecule has 0 N–H and O–H groups in total. The van der Waals surface area contributed by atoms with Crippen molar-refractivity contribution in [3.05, 3.63) is 142 Å². The van der Waals surface area contributed by atoms with Gasteiger partial charge in [-0.2, -0.15) is 0 Å². The molecule has 2 aliphatic rings. The van der Waals surface area contributed by atoms with Crippen molar-refractivity contribution in [2.24, 2.45) is 0 Å². The van der Waals surface area contributed by atoms with E-state index < -0.39 is 5.41 Å². The summed E-state index contributed by atoms with van der Waals surface area (Å²) in [6, 6.07) is 38.7. The molecule has 7 rings (SSSR count). The Labute approximate surface area is 243 Å². The Bertz CT molecular complexity index is 1740. The predicted molar refractivity (Wildman–Crippen MR) is 171 cm³/mol. The summed E-state index contributed by atoms with van der Waals surface area (Å²) in [5.74, 6) is 0. The van der Waals surface area contributed by atoms with Gasteiger partial charge >= 0.3 is 0 Å². The molecule has 0 bridgehead atoms. The van der Waals surface area contributed by atoms with Crippen LogP contribution in [0.2, 0.25) is 5.02 Å². The second-order valence-electron chi connectivity index (χ2n) is 13.6. The van der Waals surface area contributed by atoms with Crippen LogP contribution in [0.25, 0.3) is 33.4 Å². The van der Waals surface area contributed by atoms with E-state index in [-0.39, 0.29) is 10.8 Å². The number of rotatable bonds is 1. The number of hydrogen-bond acceptors (Lipinski definition) is 0. The second kappa shape index (κ2) is 8.45. The van der Waals surface area contributed by atoms with Gasteiger partial charge in [0.15, 0.2) is 0 Å². The minimum atomic E-state index is -0.407. The summed E-state index contributed by atoms with van der Waals surface area (Å²) in [6.07, 6.45) is 0. The summed E-state index contributed by atoms with van der Waals surface area (Å²) in [5.41, 5.74) is 15.8. The third-order valence-electron chi connectivity index (χ3n) is 9.09. The molecule has 198 valence electrons. The van der Waals surface area contributed by atoms with Crippen molar-refractivity contribution in [3.63, 3.8) is 0 Å². The second-order valence-corrected chi connectivity index (χ2v) is 14.0. The van der Waals surface area contributed by atoms with Gasteiger partial charge in [0.25, 0.3) is 0 Å². The van der Waals surface area contributed by atoms with Crippen LogP contribution >= 0.6 is 11.6 Å². The molecule has 0 radical (unpaired) electrons. The van der Waals surface area contributed by atoms with E-state index >= 15 is 0 Å². The predicted octanol–water partition coefficient (Wildman–Crippen LogP) is 10.9. The summed E-state index contributed by atoms with van der Waals surface area (Å²) in [6.45, 7) is 13.9. The average molecular weight is 539 g/mol. The lowest BCUT2D eigenvalue weighted by Crippen LogP contribution is -2.28. The Morgan fingerprint density at radius 2 is 0.975 bits per heavy atom. The van der Waals surface area contributed by atoms with Gasteiger partial charge in [-0.15, -0.1) is 0 Å². The Morgan fingerprint density at radius 1 is 0.475 bits per heavy atom. The SMILES string of the molecule is CC(C)(C)c1ccc2c(c1)C1(c3cc(C(C)(C)C)ccc3-2)c2ccccc2-c2cccc(-c3ccc(Cl)cc3)c21. The van der Waals surface area contributed by atoms with Crippen molar-refractivity contribution < 1.29 is 0 Å². The zero-order valence-electron chi connectivity index (χ0n) is 24.2. The Balaban J connectivity index is 1.68. The van der Waals surface area contributed by atoms with Gasteiger partial charge < -0.3 is 0 Å². The molecule has 0 amide bonds. The molecular weight excluding hydrogens is 504 g/mol. The monoisotopic (exact) mass is 538 g/mol. The highest BCUT2D eigenvalue weighted by atomic mass is 35.5. The Kier molecular flexibility index (Phi) is 5.36. The third kappa shape index (κ3) is 3.45. The Morgan fingerprint density at radius 3 is 1.55 bits per heavy atom. The first-order valence-corrected chi connectivity index (χ1v) is 14.7. The highest BCUT2D eigenvalue weighted by Crippen LogP contribution is 2.65. The van der Waals surface area contributed by atoms with E-state index in [2.05, 4.69) is 133 Å². The summed E-state index contributed by atoms with van der Waals surface area (Å²) in [4.78, 5) is 0. The molecule has 0 saturated heterocycles. The molecule has 0 aliphatic heterocycles. The van der Waals surface area contributed by atoms with Crippen molar-refractivity contribution in [2.75, 3.05) is 0 Å². The topological polar surface area (TPSA) is 0 Å². The van der Waals surface area contributed by atoms with Crippen molar-refractivity contribution in [3.8, 4) is 33.4 Å². The van der Waals surface area contributed by atoms with E-state index in [0.717, 1.165) is 5.02 Å². The molecule has 1 spiro atoms. The fraction of sp³-hybridized carbons (Fsp3) is 0.231. The van der Waals surface area contributed by atoms with E-state index in [0.29, 0.717) is 0 Å². The summed E-state index contributed by atoms with van der Waals surface area (Å²) >= 11 is 6.36. The first kappa shape index (κ1) is 25.4. The smallest absolute Gasteiger partial charge is 0.0731 e. The van der Waals surface area contributed by atoms with Gasteiger partial charge in [0.05, 0.1) is 5.41 Å².